The maximum atomic E-state index is 11.2. The number of nitrogens with one attached hydrogen (secondary N) is 1. The lowest BCUT2D eigenvalue weighted by atomic mass is 9.84. The summed E-state index contributed by atoms with van der Waals surface area (Å²) in [6.45, 7) is 0.910. The number of carboxylic acid groups (broad SMARTS) is 1. The monoisotopic (exact) mass is 211 g/mol. The van der Waals surface area contributed by atoms with E-state index in [0.717, 1.165) is 25.3 Å². The number of hydrogen-bond donors (Lipinski definition) is 2. The normalized spacial score (nSPS) is 25.1. The van der Waals surface area contributed by atoms with Gasteiger partial charge in [0.1, 0.15) is 6.04 Å². The third-order valence-electron chi connectivity index (χ3n) is 3.71. The van der Waals surface area contributed by atoms with Gasteiger partial charge in [-0.25, -0.2) is 0 Å². The number of rotatable bonds is 5. The van der Waals surface area contributed by atoms with Gasteiger partial charge in [-0.3, -0.25) is 4.79 Å². The zero-order valence-corrected chi connectivity index (χ0v) is 9.24. The SMILES string of the molecule is O=C(O)C(NCC1CC1)C1CCCCC1. The molecule has 0 amide bonds. The van der Waals surface area contributed by atoms with Gasteiger partial charge in [-0.05, 0) is 44.1 Å². The van der Waals surface area contributed by atoms with E-state index in [9.17, 15) is 9.90 Å². The third-order valence-corrected chi connectivity index (χ3v) is 3.71. The Kier molecular flexibility index (Phi) is 3.62. The van der Waals surface area contributed by atoms with Gasteiger partial charge < -0.3 is 10.4 Å². The van der Waals surface area contributed by atoms with Gasteiger partial charge in [-0.2, -0.15) is 0 Å². The van der Waals surface area contributed by atoms with Crippen LogP contribution in [0.5, 0.6) is 0 Å². The van der Waals surface area contributed by atoms with Crippen molar-refractivity contribution in [1.29, 1.82) is 0 Å². The standard InChI is InChI=1S/C12H21NO2/c14-12(15)11(13-8-9-6-7-9)10-4-2-1-3-5-10/h9-11,13H,1-8H2,(H,14,15). The molecule has 2 aliphatic carbocycles. The maximum Gasteiger partial charge on any atom is 0.320 e. The molecule has 0 heterocycles. The quantitative estimate of drug-likeness (QED) is 0.731. The Hall–Kier alpha value is -0.570. The Labute approximate surface area is 91.2 Å². The second-order valence-electron chi connectivity index (χ2n) is 5.07. The van der Waals surface area contributed by atoms with Crippen molar-refractivity contribution < 1.29 is 9.90 Å². The van der Waals surface area contributed by atoms with E-state index in [0.29, 0.717) is 5.92 Å². The summed E-state index contributed by atoms with van der Waals surface area (Å²) in [6, 6.07) is -0.286. The molecule has 3 heteroatoms. The van der Waals surface area contributed by atoms with Crippen molar-refractivity contribution >= 4 is 5.97 Å². The van der Waals surface area contributed by atoms with Crippen LogP contribution in [0.1, 0.15) is 44.9 Å². The van der Waals surface area contributed by atoms with Gasteiger partial charge >= 0.3 is 5.97 Å². The van der Waals surface area contributed by atoms with Crippen LogP contribution in [0.25, 0.3) is 0 Å². The highest BCUT2D eigenvalue weighted by Crippen LogP contribution is 2.30. The molecule has 0 bridgehead atoms. The minimum Gasteiger partial charge on any atom is -0.480 e. The van der Waals surface area contributed by atoms with Crippen LogP contribution in [0.2, 0.25) is 0 Å². The molecule has 0 spiro atoms. The minimum atomic E-state index is -0.650. The highest BCUT2D eigenvalue weighted by Gasteiger charge is 2.31. The molecule has 0 saturated heterocycles. The van der Waals surface area contributed by atoms with E-state index in [4.69, 9.17) is 0 Å². The van der Waals surface area contributed by atoms with E-state index >= 15 is 0 Å². The van der Waals surface area contributed by atoms with Gasteiger partial charge in [0.05, 0.1) is 0 Å². The van der Waals surface area contributed by atoms with Crippen molar-refractivity contribution in [3.8, 4) is 0 Å². The third kappa shape index (κ3) is 3.20. The topological polar surface area (TPSA) is 49.3 Å². The first-order chi connectivity index (χ1) is 7.27. The van der Waals surface area contributed by atoms with Crippen molar-refractivity contribution in [2.45, 2.75) is 51.0 Å². The molecule has 0 aromatic rings. The molecule has 0 aromatic heterocycles. The largest absolute Gasteiger partial charge is 0.480 e. The first-order valence-electron chi connectivity index (χ1n) is 6.23. The lowest BCUT2D eigenvalue weighted by molar-refractivity contribution is -0.141. The Balaban J connectivity index is 1.82. The van der Waals surface area contributed by atoms with E-state index in [2.05, 4.69) is 5.32 Å². The lowest BCUT2D eigenvalue weighted by Crippen LogP contribution is -2.44. The molecule has 0 aliphatic heterocycles. The summed E-state index contributed by atoms with van der Waals surface area (Å²) in [6.07, 6.45) is 8.45. The molecule has 86 valence electrons. The fourth-order valence-corrected chi connectivity index (χ4v) is 2.54. The van der Waals surface area contributed by atoms with Crippen LogP contribution < -0.4 is 5.32 Å². The summed E-state index contributed by atoms with van der Waals surface area (Å²) in [5.74, 6) is 0.480. The average molecular weight is 211 g/mol. The fraction of sp³-hybridized carbons (Fsp3) is 0.917. The van der Waals surface area contributed by atoms with Crippen LogP contribution in [0.15, 0.2) is 0 Å². The van der Waals surface area contributed by atoms with Gasteiger partial charge in [-0.1, -0.05) is 19.3 Å². The maximum absolute atomic E-state index is 11.2. The predicted octanol–water partition coefficient (Wildman–Crippen LogP) is 2.02. The molecule has 0 aromatic carbocycles. The Morgan fingerprint density at radius 3 is 2.40 bits per heavy atom. The van der Waals surface area contributed by atoms with E-state index in [-0.39, 0.29) is 6.04 Å². The van der Waals surface area contributed by atoms with Crippen molar-refractivity contribution in [1.82, 2.24) is 5.32 Å². The van der Waals surface area contributed by atoms with Crippen molar-refractivity contribution in [2.24, 2.45) is 11.8 Å². The molecular formula is C12H21NO2. The number of carboxylic acids is 1. The number of carbonyl (C=O) groups is 1. The summed E-state index contributed by atoms with van der Waals surface area (Å²) in [5, 5.41) is 12.4. The molecule has 0 radical (unpaired) electrons. The fourth-order valence-electron chi connectivity index (χ4n) is 2.54. The van der Waals surface area contributed by atoms with Crippen molar-refractivity contribution in [2.75, 3.05) is 6.54 Å². The molecule has 2 rings (SSSR count). The first-order valence-corrected chi connectivity index (χ1v) is 6.23. The van der Waals surface area contributed by atoms with E-state index < -0.39 is 5.97 Å². The molecule has 1 unspecified atom stereocenters. The lowest BCUT2D eigenvalue weighted by Gasteiger charge is -2.28. The van der Waals surface area contributed by atoms with Crippen LogP contribution in [0.4, 0.5) is 0 Å². The van der Waals surface area contributed by atoms with Gasteiger partial charge in [0.15, 0.2) is 0 Å². The number of hydrogen-bond acceptors (Lipinski definition) is 2. The molecule has 15 heavy (non-hydrogen) atoms. The molecular weight excluding hydrogens is 190 g/mol. The Bertz CT molecular complexity index is 220. The van der Waals surface area contributed by atoms with Gasteiger partial charge in [-0.15, -0.1) is 0 Å². The van der Waals surface area contributed by atoms with Gasteiger partial charge in [0.2, 0.25) is 0 Å². The summed E-state index contributed by atoms with van der Waals surface area (Å²) >= 11 is 0. The van der Waals surface area contributed by atoms with Crippen LogP contribution in [-0.2, 0) is 4.79 Å². The molecule has 1 atom stereocenters. The van der Waals surface area contributed by atoms with Crippen LogP contribution in [0.3, 0.4) is 0 Å². The van der Waals surface area contributed by atoms with Crippen LogP contribution in [0, 0.1) is 11.8 Å². The van der Waals surface area contributed by atoms with Crippen molar-refractivity contribution in [3.05, 3.63) is 0 Å². The van der Waals surface area contributed by atoms with E-state index in [1.54, 1.807) is 0 Å². The molecule has 3 nitrogen and oxygen atoms in total. The van der Waals surface area contributed by atoms with Crippen LogP contribution >= 0.6 is 0 Å². The van der Waals surface area contributed by atoms with Gasteiger partial charge in [0, 0.05) is 0 Å². The summed E-state index contributed by atoms with van der Waals surface area (Å²) in [5.41, 5.74) is 0. The van der Waals surface area contributed by atoms with Crippen molar-refractivity contribution in [3.63, 3.8) is 0 Å². The summed E-state index contributed by atoms with van der Waals surface area (Å²) in [4.78, 5) is 11.2. The zero-order valence-electron chi connectivity index (χ0n) is 9.24. The van der Waals surface area contributed by atoms with E-state index in [1.165, 1.54) is 32.1 Å². The number of aliphatic carboxylic acids is 1. The zero-order chi connectivity index (χ0) is 10.7. The first kappa shape index (κ1) is 10.9. The highest BCUT2D eigenvalue weighted by atomic mass is 16.4. The van der Waals surface area contributed by atoms with E-state index in [1.807, 2.05) is 0 Å². The molecule has 2 N–H and O–H groups in total. The molecule has 2 saturated carbocycles. The van der Waals surface area contributed by atoms with Gasteiger partial charge in [0.25, 0.3) is 0 Å². The summed E-state index contributed by atoms with van der Waals surface area (Å²) < 4.78 is 0. The second kappa shape index (κ2) is 4.97. The highest BCUT2D eigenvalue weighted by molar-refractivity contribution is 5.73. The predicted molar refractivity (Wildman–Crippen MR) is 58.7 cm³/mol. The molecule has 2 fully saturated rings. The molecule has 2 aliphatic rings. The Morgan fingerprint density at radius 2 is 1.87 bits per heavy atom. The second-order valence-corrected chi connectivity index (χ2v) is 5.07. The van der Waals surface area contributed by atoms with Crippen LogP contribution in [-0.4, -0.2) is 23.7 Å². The summed E-state index contributed by atoms with van der Waals surface area (Å²) in [7, 11) is 0. The minimum absolute atomic E-state index is 0.286. The smallest absolute Gasteiger partial charge is 0.320 e. The average Bonchev–Trinajstić information content (AvgIpc) is 3.03. The Morgan fingerprint density at radius 1 is 1.20 bits per heavy atom.